The van der Waals surface area contributed by atoms with Crippen molar-refractivity contribution < 1.29 is 9.59 Å². The van der Waals surface area contributed by atoms with Crippen LogP contribution in [0.3, 0.4) is 0 Å². The van der Waals surface area contributed by atoms with Crippen LogP contribution in [-0.4, -0.2) is 29.1 Å². The number of thioether (sulfide) groups is 1. The lowest BCUT2D eigenvalue weighted by Crippen LogP contribution is -2.64. The Morgan fingerprint density at radius 2 is 1.79 bits per heavy atom. The molecule has 0 saturated carbocycles. The fourth-order valence-electron chi connectivity index (χ4n) is 2.87. The SMILES string of the molecule is Cc1ccc(CC2NNC(SCC(=O)Nc3ccc(C)c(C)c3)NC2=O)cc1. The molecule has 2 unspecified atom stereocenters. The molecule has 0 spiro atoms. The molecular weight excluding hydrogens is 372 g/mol. The number of aryl methyl sites for hydroxylation is 3. The second kappa shape index (κ2) is 9.23. The van der Waals surface area contributed by atoms with Gasteiger partial charge in [0.15, 0.2) is 0 Å². The van der Waals surface area contributed by atoms with Crippen LogP contribution in [0, 0.1) is 20.8 Å². The first-order chi connectivity index (χ1) is 13.4. The van der Waals surface area contributed by atoms with Gasteiger partial charge < -0.3 is 10.6 Å². The summed E-state index contributed by atoms with van der Waals surface area (Å²) in [6.07, 6.45) is 0.601. The van der Waals surface area contributed by atoms with Gasteiger partial charge in [-0.3, -0.25) is 9.59 Å². The standard InChI is InChI=1S/C21H26N4O2S/c1-13-4-7-16(8-5-13)11-18-20(27)23-21(25-24-18)28-12-19(26)22-17-9-6-14(2)15(3)10-17/h4-10,18,21,24-25H,11-12H2,1-3H3,(H,22,26)(H,23,27). The first kappa shape index (κ1) is 20.4. The minimum Gasteiger partial charge on any atom is -0.329 e. The second-order valence-electron chi connectivity index (χ2n) is 7.08. The van der Waals surface area contributed by atoms with Gasteiger partial charge in [0, 0.05) is 5.69 Å². The van der Waals surface area contributed by atoms with Crippen LogP contribution < -0.4 is 21.5 Å². The maximum atomic E-state index is 12.4. The summed E-state index contributed by atoms with van der Waals surface area (Å²) in [6, 6.07) is 13.6. The number of carbonyl (C=O) groups excluding carboxylic acids is 2. The van der Waals surface area contributed by atoms with Gasteiger partial charge in [-0.1, -0.05) is 35.9 Å². The molecule has 7 heteroatoms. The highest BCUT2D eigenvalue weighted by molar-refractivity contribution is 8.00. The third-order valence-corrected chi connectivity index (χ3v) is 5.71. The topological polar surface area (TPSA) is 82.3 Å². The predicted molar refractivity (Wildman–Crippen MR) is 114 cm³/mol. The third kappa shape index (κ3) is 5.58. The molecule has 1 fully saturated rings. The normalized spacial score (nSPS) is 19.2. The van der Waals surface area contributed by atoms with Crippen LogP contribution in [0.2, 0.25) is 0 Å². The number of anilines is 1. The fraction of sp³-hybridized carbons (Fsp3) is 0.333. The number of nitrogens with one attached hydrogen (secondary N) is 4. The second-order valence-corrected chi connectivity index (χ2v) is 8.17. The molecule has 1 aliphatic heterocycles. The van der Waals surface area contributed by atoms with Crippen molar-refractivity contribution in [1.29, 1.82) is 0 Å². The zero-order chi connectivity index (χ0) is 20.1. The summed E-state index contributed by atoms with van der Waals surface area (Å²) in [5.41, 5.74) is 11.2. The summed E-state index contributed by atoms with van der Waals surface area (Å²) in [5, 5.41) is 5.79. The number of amides is 2. The molecule has 2 amide bonds. The molecule has 0 aromatic heterocycles. The Bertz CT molecular complexity index is 854. The number of carbonyl (C=O) groups is 2. The Kier molecular flexibility index (Phi) is 6.72. The molecule has 2 aromatic rings. The van der Waals surface area contributed by atoms with E-state index < -0.39 is 0 Å². The molecule has 0 radical (unpaired) electrons. The van der Waals surface area contributed by atoms with Crippen molar-refractivity contribution in [1.82, 2.24) is 16.2 Å². The largest absolute Gasteiger partial charge is 0.329 e. The van der Waals surface area contributed by atoms with Crippen LogP contribution in [0.5, 0.6) is 0 Å². The van der Waals surface area contributed by atoms with Crippen LogP contribution in [0.4, 0.5) is 5.69 Å². The monoisotopic (exact) mass is 398 g/mol. The molecule has 1 saturated heterocycles. The van der Waals surface area contributed by atoms with E-state index in [0.717, 1.165) is 16.8 Å². The molecule has 1 heterocycles. The number of benzene rings is 2. The van der Waals surface area contributed by atoms with Gasteiger partial charge in [-0.2, -0.15) is 0 Å². The number of hydrazine groups is 1. The maximum Gasteiger partial charge on any atom is 0.240 e. The first-order valence-electron chi connectivity index (χ1n) is 9.26. The van der Waals surface area contributed by atoms with Gasteiger partial charge in [0.2, 0.25) is 11.8 Å². The average Bonchev–Trinajstić information content (AvgIpc) is 2.67. The Hall–Kier alpha value is -2.35. The van der Waals surface area contributed by atoms with E-state index in [0.29, 0.717) is 6.42 Å². The minimum absolute atomic E-state index is 0.0774. The molecule has 2 atom stereocenters. The van der Waals surface area contributed by atoms with Crippen molar-refractivity contribution in [3.8, 4) is 0 Å². The van der Waals surface area contributed by atoms with Gasteiger partial charge in [-0.15, -0.1) is 11.8 Å². The molecule has 0 bridgehead atoms. The van der Waals surface area contributed by atoms with Gasteiger partial charge in [-0.05, 0) is 56.0 Å². The van der Waals surface area contributed by atoms with Gasteiger partial charge in [-0.25, -0.2) is 10.9 Å². The molecule has 148 valence electrons. The lowest BCUT2D eigenvalue weighted by atomic mass is 10.0. The molecule has 3 rings (SSSR count). The average molecular weight is 399 g/mol. The summed E-state index contributed by atoms with van der Waals surface area (Å²) in [4.78, 5) is 24.5. The Labute approximate surface area is 169 Å². The Morgan fingerprint density at radius 3 is 2.46 bits per heavy atom. The number of hydrogen-bond acceptors (Lipinski definition) is 5. The Morgan fingerprint density at radius 1 is 1.04 bits per heavy atom. The minimum atomic E-state index is -0.354. The van der Waals surface area contributed by atoms with Gasteiger partial charge >= 0.3 is 0 Å². The summed E-state index contributed by atoms with van der Waals surface area (Å²) in [7, 11) is 0. The van der Waals surface area contributed by atoms with Crippen LogP contribution in [-0.2, 0) is 16.0 Å². The van der Waals surface area contributed by atoms with E-state index >= 15 is 0 Å². The van der Waals surface area contributed by atoms with E-state index in [2.05, 4.69) is 21.5 Å². The number of rotatable bonds is 6. The van der Waals surface area contributed by atoms with Crippen LogP contribution >= 0.6 is 11.8 Å². The summed E-state index contributed by atoms with van der Waals surface area (Å²) >= 11 is 1.33. The smallest absolute Gasteiger partial charge is 0.240 e. The summed E-state index contributed by atoms with van der Waals surface area (Å²) < 4.78 is 0. The highest BCUT2D eigenvalue weighted by Gasteiger charge is 2.27. The van der Waals surface area contributed by atoms with E-state index in [1.807, 2.05) is 63.2 Å². The zero-order valence-electron chi connectivity index (χ0n) is 16.3. The Balaban J connectivity index is 1.44. The van der Waals surface area contributed by atoms with Gasteiger partial charge in [0.05, 0.1) is 5.75 Å². The van der Waals surface area contributed by atoms with Gasteiger partial charge in [0.25, 0.3) is 0 Å². The van der Waals surface area contributed by atoms with Crippen LogP contribution in [0.25, 0.3) is 0 Å². The van der Waals surface area contributed by atoms with Crippen LogP contribution in [0.1, 0.15) is 22.3 Å². The zero-order valence-corrected chi connectivity index (χ0v) is 17.2. The van der Waals surface area contributed by atoms with Gasteiger partial charge in [0.1, 0.15) is 11.5 Å². The molecule has 2 aromatic carbocycles. The molecule has 1 aliphatic rings. The van der Waals surface area contributed by atoms with Crippen molar-refractivity contribution in [3.05, 3.63) is 64.7 Å². The highest BCUT2D eigenvalue weighted by Crippen LogP contribution is 2.16. The van der Waals surface area contributed by atoms with E-state index in [1.165, 1.54) is 22.9 Å². The van der Waals surface area contributed by atoms with E-state index in [-0.39, 0.29) is 29.1 Å². The summed E-state index contributed by atoms with van der Waals surface area (Å²) in [5.74, 6) is 0.0484. The predicted octanol–water partition coefficient (Wildman–Crippen LogP) is 2.40. The first-order valence-corrected chi connectivity index (χ1v) is 10.3. The maximum absolute atomic E-state index is 12.4. The molecule has 0 aliphatic carbocycles. The van der Waals surface area contributed by atoms with E-state index in [1.54, 1.807) is 0 Å². The third-order valence-electron chi connectivity index (χ3n) is 4.71. The van der Waals surface area contributed by atoms with Crippen molar-refractivity contribution >= 4 is 29.3 Å². The number of hydrogen-bond donors (Lipinski definition) is 4. The van der Waals surface area contributed by atoms with Crippen molar-refractivity contribution in [3.63, 3.8) is 0 Å². The molecule has 6 nitrogen and oxygen atoms in total. The van der Waals surface area contributed by atoms with Crippen molar-refractivity contribution in [2.24, 2.45) is 0 Å². The molecular formula is C21H26N4O2S. The van der Waals surface area contributed by atoms with Crippen molar-refractivity contribution in [2.45, 2.75) is 38.7 Å². The molecule has 28 heavy (non-hydrogen) atoms. The highest BCUT2D eigenvalue weighted by atomic mass is 32.2. The quantitative estimate of drug-likeness (QED) is 0.601. The van der Waals surface area contributed by atoms with Crippen molar-refractivity contribution in [2.75, 3.05) is 11.1 Å². The lowest BCUT2D eigenvalue weighted by molar-refractivity contribution is -0.125. The lowest BCUT2D eigenvalue weighted by Gasteiger charge is -2.31. The molecule has 4 N–H and O–H groups in total. The van der Waals surface area contributed by atoms with Crippen LogP contribution in [0.15, 0.2) is 42.5 Å². The van der Waals surface area contributed by atoms with E-state index in [4.69, 9.17) is 0 Å². The van der Waals surface area contributed by atoms with E-state index in [9.17, 15) is 9.59 Å². The fourth-order valence-corrected chi connectivity index (χ4v) is 3.61. The summed E-state index contributed by atoms with van der Waals surface area (Å²) in [6.45, 7) is 6.09.